The molecule has 1 aliphatic heterocycles. The van der Waals surface area contributed by atoms with Crippen LogP contribution < -0.4 is 5.32 Å². The molecule has 1 aromatic rings. The number of aromatic nitrogens is 2. The zero-order chi connectivity index (χ0) is 13.8. The van der Waals surface area contributed by atoms with Gasteiger partial charge in [-0.2, -0.15) is 5.10 Å². The molecule has 1 fully saturated rings. The smallest absolute Gasteiger partial charge is 0.272 e. The van der Waals surface area contributed by atoms with Gasteiger partial charge in [-0.05, 0) is 25.8 Å². The highest BCUT2D eigenvalue weighted by Crippen LogP contribution is 2.19. The average Bonchev–Trinajstić information content (AvgIpc) is 2.82. The minimum Gasteiger partial charge on any atom is -0.335 e. The fourth-order valence-electron chi connectivity index (χ4n) is 2.62. The first-order valence-corrected chi connectivity index (χ1v) is 7.23. The van der Waals surface area contributed by atoms with Gasteiger partial charge in [0.15, 0.2) is 0 Å². The van der Waals surface area contributed by atoms with Gasteiger partial charge in [0.25, 0.3) is 5.91 Å². The van der Waals surface area contributed by atoms with Gasteiger partial charge in [0.05, 0.1) is 11.7 Å². The molecule has 0 radical (unpaired) electrons. The number of carbonyl (C=O) groups excluding carboxylic acids is 1. The van der Waals surface area contributed by atoms with Crippen LogP contribution in [0.4, 0.5) is 0 Å². The van der Waals surface area contributed by atoms with Crippen LogP contribution in [0.2, 0.25) is 0 Å². The first-order valence-electron chi connectivity index (χ1n) is 7.23. The number of aryl methyl sites for hydroxylation is 1. The Kier molecular flexibility index (Phi) is 4.58. The van der Waals surface area contributed by atoms with Crippen LogP contribution in [0.25, 0.3) is 0 Å². The molecule has 0 aromatic carbocycles. The summed E-state index contributed by atoms with van der Waals surface area (Å²) >= 11 is 0. The van der Waals surface area contributed by atoms with Gasteiger partial charge in [-0.15, -0.1) is 0 Å². The second-order valence-corrected chi connectivity index (χ2v) is 5.13. The molecule has 106 valence electrons. The van der Waals surface area contributed by atoms with E-state index in [-0.39, 0.29) is 5.91 Å². The summed E-state index contributed by atoms with van der Waals surface area (Å²) in [6.07, 6.45) is 2.00. The van der Waals surface area contributed by atoms with Crippen LogP contribution in [0.3, 0.4) is 0 Å². The average molecular weight is 264 g/mol. The highest BCUT2D eigenvalue weighted by molar-refractivity contribution is 5.92. The number of rotatable bonds is 4. The molecule has 0 unspecified atom stereocenters. The summed E-state index contributed by atoms with van der Waals surface area (Å²) in [5, 5.41) is 7.79. The summed E-state index contributed by atoms with van der Waals surface area (Å²) in [6.45, 7) is 9.56. The van der Waals surface area contributed by atoms with Crippen LogP contribution >= 0.6 is 0 Å². The van der Waals surface area contributed by atoms with E-state index < -0.39 is 0 Å². The fraction of sp³-hybridized carbons (Fsp3) is 0.714. The molecule has 1 N–H and O–H groups in total. The predicted octanol–water partition coefficient (Wildman–Crippen LogP) is 1.60. The van der Waals surface area contributed by atoms with Crippen molar-refractivity contribution in [3.8, 4) is 0 Å². The Bertz CT molecular complexity index is 431. The van der Waals surface area contributed by atoms with Gasteiger partial charge in [0.2, 0.25) is 0 Å². The summed E-state index contributed by atoms with van der Waals surface area (Å²) in [4.78, 5) is 14.5. The second kappa shape index (κ2) is 6.19. The number of nitrogens with zero attached hydrogens (tertiary/aromatic N) is 3. The van der Waals surface area contributed by atoms with E-state index in [2.05, 4.69) is 24.3 Å². The molecule has 2 rings (SSSR count). The summed E-state index contributed by atoms with van der Waals surface area (Å²) in [5.74, 6) is 0.119. The van der Waals surface area contributed by atoms with Gasteiger partial charge < -0.3 is 10.2 Å². The minimum absolute atomic E-state index is 0.119. The molecule has 19 heavy (non-hydrogen) atoms. The van der Waals surface area contributed by atoms with Gasteiger partial charge in [0, 0.05) is 26.2 Å². The zero-order valence-electron chi connectivity index (χ0n) is 12.1. The lowest BCUT2D eigenvalue weighted by Crippen LogP contribution is -2.47. The van der Waals surface area contributed by atoms with E-state index in [0.29, 0.717) is 6.04 Å². The molecule has 0 atom stereocenters. The largest absolute Gasteiger partial charge is 0.335 e. The first kappa shape index (κ1) is 14.1. The summed E-state index contributed by atoms with van der Waals surface area (Å²) in [5.41, 5.74) is 1.67. The number of hydrogen-bond acceptors (Lipinski definition) is 3. The molecule has 0 saturated carbocycles. The van der Waals surface area contributed by atoms with Gasteiger partial charge in [0.1, 0.15) is 5.69 Å². The van der Waals surface area contributed by atoms with Crippen molar-refractivity contribution >= 4 is 5.91 Å². The quantitative estimate of drug-likeness (QED) is 0.898. The molecule has 1 aliphatic rings. The summed E-state index contributed by atoms with van der Waals surface area (Å²) in [7, 11) is 0. The van der Waals surface area contributed by atoms with E-state index in [9.17, 15) is 4.79 Å². The molecule has 5 nitrogen and oxygen atoms in total. The third-order valence-corrected chi connectivity index (χ3v) is 3.77. The van der Waals surface area contributed by atoms with Crippen molar-refractivity contribution in [2.75, 3.05) is 26.2 Å². The molecule has 0 bridgehead atoms. The number of piperazine rings is 1. The molecular weight excluding hydrogens is 240 g/mol. The molecule has 2 heterocycles. The van der Waals surface area contributed by atoms with E-state index in [1.54, 1.807) is 0 Å². The normalized spacial score (nSPS) is 16.1. The molecule has 5 heteroatoms. The monoisotopic (exact) mass is 264 g/mol. The van der Waals surface area contributed by atoms with E-state index in [0.717, 1.165) is 50.4 Å². The Morgan fingerprint density at radius 2 is 2.00 bits per heavy atom. The maximum absolute atomic E-state index is 12.6. The predicted molar refractivity (Wildman–Crippen MR) is 75.4 cm³/mol. The van der Waals surface area contributed by atoms with E-state index in [1.807, 2.05) is 22.6 Å². The lowest BCUT2D eigenvalue weighted by Gasteiger charge is -2.28. The van der Waals surface area contributed by atoms with Crippen LogP contribution in [0.15, 0.2) is 6.07 Å². The first-order chi connectivity index (χ1) is 9.17. The van der Waals surface area contributed by atoms with Gasteiger partial charge >= 0.3 is 0 Å². The minimum atomic E-state index is 0.119. The van der Waals surface area contributed by atoms with E-state index in [4.69, 9.17) is 0 Å². The summed E-state index contributed by atoms with van der Waals surface area (Å²) < 4.78 is 1.93. The summed E-state index contributed by atoms with van der Waals surface area (Å²) in [6, 6.07) is 2.23. The maximum atomic E-state index is 12.6. The second-order valence-electron chi connectivity index (χ2n) is 5.13. The lowest BCUT2D eigenvalue weighted by atomic mass is 10.1. The molecule has 1 amide bonds. The zero-order valence-corrected chi connectivity index (χ0v) is 12.1. The van der Waals surface area contributed by atoms with Crippen LogP contribution in [-0.2, 0) is 0 Å². The SMILES string of the molecule is CCC(CC)n1nc(C)cc1C(=O)N1CCNCC1. The van der Waals surface area contributed by atoms with Crippen LogP contribution in [0.1, 0.15) is 48.9 Å². The number of hydrogen-bond donors (Lipinski definition) is 1. The lowest BCUT2D eigenvalue weighted by molar-refractivity contribution is 0.0719. The maximum Gasteiger partial charge on any atom is 0.272 e. The van der Waals surface area contributed by atoms with Crippen molar-refractivity contribution < 1.29 is 4.79 Å². The Morgan fingerprint density at radius 3 is 2.58 bits per heavy atom. The Morgan fingerprint density at radius 1 is 1.37 bits per heavy atom. The molecule has 1 saturated heterocycles. The highest BCUT2D eigenvalue weighted by Gasteiger charge is 2.24. The van der Waals surface area contributed by atoms with Crippen molar-refractivity contribution in [1.82, 2.24) is 20.0 Å². The number of carbonyl (C=O) groups is 1. The Hall–Kier alpha value is -1.36. The van der Waals surface area contributed by atoms with E-state index in [1.165, 1.54) is 0 Å². The molecule has 0 spiro atoms. The van der Waals surface area contributed by atoms with Crippen molar-refractivity contribution in [3.05, 3.63) is 17.5 Å². The fourth-order valence-corrected chi connectivity index (χ4v) is 2.62. The molecule has 1 aromatic heterocycles. The van der Waals surface area contributed by atoms with Gasteiger partial charge in [-0.25, -0.2) is 0 Å². The van der Waals surface area contributed by atoms with Gasteiger partial charge in [-0.1, -0.05) is 13.8 Å². The van der Waals surface area contributed by atoms with Crippen molar-refractivity contribution in [1.29, 1.82) is 0 Å². The van der Waals surface area contributed by atoms with Crippen molar-refractivity contribution in [2.45, 2.75) is 39.7 Å². The van der Waals surface area contributed by atoms with Crippen LogP contribution in [0.5, 0.6) is 0 Å². The van der Waals surface area contributed by atoms with Crippen molar-refractivity contribution in [3.63, 3.8) is 0 Å². The Labute approximate surface area is 115 Å². The number of amides is 1. The highest BCUT2D eigenvalue weighted by atomic mass is 16.2. The Balaban J connectivity index is 2.25. The standard InChI is InChI=1S/C14H24N4O/c1-4-12(5-2)18-13(10-11(3)16-18)14(19)17-8-6-15-7-9-17/h10,12,15H,4-9H2,1-3H3. The topological polar surface area (TPSA) is 50.2 Å². The third kappa shape index (κ3) is 2.97. The van der Waals surface area contributed by atoms with Crippen LogP contribution in [-0.4, -0.2) is 46.8 Å². The molecular formula is C14H24N4O. The molecule has 0 aliphatic carbocycles. The van der Waals surface area contributed by atoms with Gasteiger partial charge in [-0.3, -0.25) is 9.48 Å². The van der Waals surface area contributed by atoms with Crippen LogP contribution in [0, 0.1) is 6.92 Å². The van der Waals surface area contributed by atoms with Crippen molar-refractivity contribution in [2.24, 2.45) is 0 Å². The third-order valence-electron chi connectivity index (χ3n) is 3.77. The van der Waals surface area contributed by atoms with E-state index >= 15 is 0 Å². The number of nitrogens with one attached hydrogen (secondary N) is 1.